The van der Waals surface area contributed by atoms with Crippen LogP contribution in [-0.4, -0.2) is 82.0 Å². The zero-order valence-electron chi connectivity index (χ0n) is 19.2. The summed E-state index contributed by atoms with van der Waals surface area (Å²) in [5.74, 6) is -0.237. The Morgan fingerprint density at radius 3 is 2.53 bits per heavy atom. The van der Waals surface area contributed by atoms with Gasteiger partial charge in [-0.3, -0.25) is 9.69 Å². The predicted molar refractivity (Wildman–Crippen MR) is 124 cm³/mol. The van der Waals surface area contributed by atoms with Crippen molar-refractivity contribution < 1.29 is 13.9 Å². The fourth-order valence-corrected chi connectivity index (χ4v) is 3.60. The van der Waals surface area contributed by atoms with E-state index in [1.165, 1.54) is 6.20 Å². The number of ether oxygens (including phenoxy) is 1. The zero-order valence-corrected chi connectivity index (χ0v) is 19.2. The number of amides is 1. The summed E-state index contributed by atoms with van der Waals surface area (Å²) in [6.45, 7) is 5.49. The third-order valence-electron chi connectivity index (χ3n) is 5.65. The second kappa shape index (κ2) is 11.6. The molecule has 178 valence electrons. The van der Waals surface area contributed by atoms with Gasteiger partial charge >= 0.3 is 6.01 Å². The molecule has 10 heteroatoms. The van der Waals surface area contributed by atoms with E-state index >= 15 is 0 Å². The average molecular weight is 466 g/mol. The highest BCUT2D eigenvalue weighted by Gasteiger charge is 2.14. The maximum atomic E-state index is 14.6. The molecule has 0 unspecified atom stereocenters. The number of likely N-dealkylation sites (N-methyl/N-ethyl adjacent to an activating group) is 1. The van der Waals surface area contributed by atoms with Gasteiger partial charge in [-0.25, -0.2) is 15.0 Å². The van der Waals surface area contributed by atoms with Crippen molar-refractivity contribution in [2.75, 3.05) is 46.4 Å². The van der Waals surface area contributed by atoms with Crippen LogP contribution in [0.25, 0.3) is 11.1 Å². The number of halogens is 1. The first-order chi connectivity index (χ1) is 16.6. The summed E-state index contributed by atoms with van der Waals surface area (Å²) in [4.78, 5) is 32.9. The summed E-state index contributed by atoms with van der Waals surface area (Å²) in [5.41, 5.74) is 1.72. The predicted octanol–water partition coefficient (Wildman–Crippen LogP) is 1.56. The number of rotatable bonds is 9. The van der Waals surface area contributed by atoms with Crippen LogP contribution in [0.5, 0.6) is 6.01 Å². The van der Waals surface area contributed by atoms with Crippen LogP contribution in [0, 0.1) is 5.95 Å². The molecule has 1 aliphatic rings. The smallest absolute Gasteiger partial charge is 0.319 e. The van der Waals surface area contributed by atoms with Crippen molar-refractivity contribution in [2.45, 2.75) is 13.0 Å². The zero-order chi connectivity index (χ0) is 23.8. The Bertz CT molecular complexity index is 1070. The molecule has 1 amide bonds. The van der Waals surface area contributed by atoms with Crippen LogP contribution in [0.2, 0.25) is 0 Å². The SMILES string of the molecule is CN1CCN(CCOc2ncc(-c3ccc(CC(=O)NCc4ncccn4)cc3)c(F)n2)CC1. The maximum absolute atomic E-state index is 14.6. The van der Waals surface area contributed by atoms with Crippen molar-refractivity contribution in [3.05, 3.63) is 66.3 Å². The van der Waals surface area contributed by atoms with Crippen molar-refractivity contribution >= 4 is 5.91 Å². The van der Waals surface area contributed by atoms with Crippen molar-refractivity contribution in [3.8, 4) is 17.1 Å². The standard InChI is InChI=1S/C24H28FN7O2/c1-31-9-11-32(12-10-31)13-14-34-24-29-16-20(23(25)30-24)19-5-3-18(4-6-19)15-22(33)28-17-21-26-7-2-8-27-21/h2-8,16H,9-15,17H2,1H3,(H,28,33). The molecule has 1 fully saturated rings. The van der Waals surface area contributed by atoms with Gasteiger partial charge in [-0.05, 0) is 24.2 Å². The van der Waals surface area contributed by atoms with Gasteiger partial charge in [0.05, 0.1) is 18.5 Å². The van der Waals surface area contributed by atoms with Crippen molar-refractivity contribution in [1.82, 2.24) is 35.1 Å². The number of carbonyl (C=O) groups excluding carboxylic acids is 1. The monoisotopic (exact) mass is 465 g/mol. The number of benzene rings is 1. The van der Waals surface area contributed by atoms with E-state index in [2.05, 4.69) is 42.1 Å². The van der Waals surface area contributed by atoms with Crippen LogP contribution in [0.1, 0.15) is 11.4 Å². The summed E-state index contributed by atoms with van der Waals surface area (Å²) < 4.78 is 20.2. The normalized spacial score (nSPS) is 14.6. The molecule has 0 saturated carbocycles. The second-order valence-electron chi connectivity index (χ2n) is 8.17. The van der Waals surface area contributed by atoms with E-state index in [0.717, 1.165) is 38.3 Å². The van der Waals surface area contributed by atoms with Gasteiger partial charge in [0, 0.05) is 51.3 Å². The number of hydrogen-bond acceptors (Lipinski definition) is 8. The first kappa shape index (κ1) is 23.7. The molecule has 4 rings (SSSR count). The van der Waals surface area contributed by atoms with E-state index in [9.17, 15) is 9.18 Å². The van der Waals surface area contributed by atoms with Gasteiger partial charge in [0.2, 0.25) is 11.9 Å². The fraction of sp³-hybridized carbons (Fsp3) is 0.375. The lowest BCUT2D eigenvalue weighted by Gasteiger charge is -2.31. The molecule has 3 aromatic rings. The largest absolute Gasteiger partial charge is 0.462 e. The minimum absolute atomic E-state index is 0.0334. The highest BCUT2D eigenvalue weighted by Crippen LogP contribution is 2.23. The van der Waals surface area contributed by atoms with Gasteiger partial charge < -0.3 is 15.0 Å². The van der Waals surface area contributed by atoms with Gasteiger partial charge in [-0.2, -0.15) is 9.37 Å². The molecular weight excluding hydrogens is 437 g/mol. The molecule has 34 heavy (non-hydrogen) atoms. The van der Waals surface area contributed by atoms with Crippen LogP contribution in [0.15, 0.2) is 48.9 Å². The van der Waals surface area contributed by atoms with Gasteiger partial charge in [0.15, 0.2) is 0 Å². The van der Waals surface area contributed by atoms with Gasteiger partial charge in [0.25, 0.3) is 0 Å². The lowest BCUT2D eigenvalue weighted by atomic mass is 10.0. The van der Waals surface area contributed by atoms with Gasteiger partial charge in [0.1, 0.15) is 12.4 Å². The van der Waals surface area contributed by atoms with E-state index < -0.39 is 5.95 Å². The molecule has 9 nitrogen and oxygen atoms in total. The highest BCUT2D eigenvalue weighted by atomic mass is 19.1. The van der Waals surface area contributed by atoms with Crippen LogP contribution >= 0.6 is 0 Å². The summed E-state index contributed by atoms with van der Waals surface area (Å²) in [5, 5.41) is 2.79. The van der Waals surface area contributed by atoms with E-state index in [0.29, 0.717) is 18.0 Å². The molecule has 1 saturated heterocycles. The minimum Gasteiger partial charge on any atom is -0.462 e. The molecule has 1 aliphatic heterocycles. The Morgan fingerprint density at radius 2 is 1.82 bits per heavy atom. The quantitative estimate of drug-likeness (QED) is 0.476. The maximum Gasteiger partial charge on any atom is 0.319 e. The molecule has 1 N–H and O–H groups in total. The number of nitrogens with one attached hydrogen (secondary N) is 1. The van der Waals surface area contributed by atoms with Crippen molar-refractivity contribution in [1.29, 1.82) is 0 Å². The third-order valence-corrected chi connectivity index (χ3v) is 5.65. The number of hydrogen-bond donors (Lipinski definition) is 1. The molecule has 0 bridgehead atoms. The van der Waals surface area contributed by atoms with Crippen LogP contribution in [0.4, 0.5) is 4.39 Å². The molecule has 1 aromatic carbocycles. The summed E-state index contributed by atoms with van der Waals surface area (Å²) in [6, 6.07) is 8.82. The Balaban J connectivity index is 1.26. The third kappa shape index (κ3) is 6.75. The summed E-state index contributed by atoms with van der Waals surface area (Å²) >= 11 is 0. The number of piperazine rings is 1. The Hall–Kier alpha value is -3.50. The molecule has 0 aliphatic carbocycles. The van der Waals surface area contributed by atoms with Crippen LogP contribution in [-0.2, 0) is 17.8 Å². The summed E-state index contributed by atoms with van der Waals surface area (Å²) in [7, 11) is 2.11. The number of nitrogens with zero attached hydrogens (tertiary/aromatic N) is 6. The molecule has 3 heterocycles. The Kier molecular flexibility index (Phi) is 8.05. The lowest BCUT2D eigenvalue weighted by molar-refractivity contribution is -0.120. The highest BCUT2D eigenvalue weighted by molar-refractivity contribution is 5.78. The topological polar surface area (TPSA) is 96.4 Å². The van der Waals surface area contributed by atoms with E-state index in [1.54, 1.807) is 42.7 Å². The van der Waals surface area contributed by atoms with E-state index in [-0.39, 0.29) is 30.4 Å². The van der Waals surface area contributed by atoms with Crippen LogP contribution < -0.4 is 10.1 Å². The molecule has 0 atom stereocenters. The number of aromatic nitrogens is 4. The average Bonchev–Trinajstić information content (AvgIpc) is 2.85. The fourth-order valence-electron chi connectivity index (χ4n) is 3.60. The minimum atomic E-state index is -0.641. The van der Waals surface area contributed by atoms with Crippen molar-refractivity contribution in [2.24, 2.45) is 0 Å². The van der Waals surface area contributed by atoms with Gasteiger partial charge in [-0.15, -0.1) is 0 Å². The van der Waals surface area contributed by atoms with Crippen LogP contribution in [0.3, 0.4) is 0 Å². The molecule has 0 radical (unpaired) electrons. The molecule has 2 aromatic heterocycles. The second-order valence-corrected chi connectivity index (χ2v) is 8.17. The Morgan fingerprint density at radius 1 is 1.09 bits per heavy atom. The van der Waals surface area contributed by atoms with E-state index in [1.807, 2.05) is 0 Å². The first-order valence-electron chi connectivity index (χ1n) is 11.2. The first-order valence-corrected chi connectivity index (χ1v) is 11.2. The Labute approximate surface area is 198 Å². The molecular formula is C24H28FN7O2. The lowest BCUT2D eigenvalue weighted by Crippen LogP contribution is -2.45. The number of carbonyl (C=O) groups is 1. The van der Waals surface area contributed by atoms with E-state index in [4.69, 9.17) is 4.74 Å². The molecule has 0 spiro atoms. The summed E-state index contributed by atoms with van der Waals surface area (Å²) in [6.07, 6.45) is 4.88. The van der Waals surface area contributed by atoms with Crippen molar-refractivity contribution in [3.63, 3.8) is 0 Å². The van der Waals surface area contributed by atoms with Gasteiger partial charge in [-0.1, -0.05) is 24.3 Å².